The predicted molar refractivity (Wildman–Crippen MR) is 116 cm³/mol. The first kappa shape index (κ1) is 20.4. The highest BCUT2D eigenvalue weighted by Crippen LogP contribution is 2.22. The van der Waals surface area contributed by atoms with Gasteiger partial charge in [-0.15, -0.1) is 11.3 Å². The third kappa shape index (κ3) is 6.40. The van der Waals surface area contributed by atoms with Gasteiger partial charge in [-0.3, -0.25) is 4.79 Å². The fraction of sp³-hybridized carbons (Fsp3) is 0.300. The number of carbonyl (C=O) groups is 1. The van der Waals surface area contributed by atoms with Crippen molar-refractivity contribution in [2.24, 2.45) is 0 Å². The maximum absolute atomic E-state index is 11.9. The number of ether oxygens (including phenoxy) is 1. The molecule has 148 valence electrons. The normalized spacial score (nSPS) is 11.5. The Kier molecular flexibility index (Phi) is 7.53. The maximum atomic E-state index is 11.9. The van der Waals surface area contributed by atoms with Gasteiger partial charge in [-0.25, -0.2) is 4.98 Å². The zero-order valence-corrected chi connectivity index (χ0v) is 17.6. The number of hydrogen-bond donors (Lipinski definition) is 2. The minimum atomic E-state index is -0.0613. The van der Waals surface area contributed by atoms with Crippen LogP contribution < -0.4 is 10.1 Å². The lowest BCUT2D eigenvalue weighted by molar-refractivity contribution is -0.117. The average molecular weight is 417 g/mol. The topological polar surface area (TPSA) is 70.2 Å². The number of amides is 1. The van der Waals surface area contributed by atoms with Crippen molar-refractivity contribution in [2.45, 2.75) is 18.1 Å². The lowest BCUT2D eigenvalue weighted by Crippen LogP contribution is -2.19. The van der Waals surface area contributed by atoms with Crippen molar-refractivity contribution in [1.29, 1.82) is 0 Å². The van der Waals surface area contributed by atoms with Crippen LogP contribution in [-0.2, 0) is 11.3 Å². The lowest BCUT2D eigenvalue weighted by atomic mass is 10.3. The highest BCUT2D eigenvalue weighted by Gasteiger charge is 2.05. The summed E-state index contributed by atoms with van der Waals surface area (Å²) in [4.78, 5) is 23.0. The molecule has 0 aliphatic heterocycles. The number of aromatic amines is 1. The van der Waals surface area contributed by atoms with E-state index >= 15 is 0 Å². The number of thiophene rings is 1. The van der Waals surface area contributed by atoms with Crippen LogP contribution in [0.15, 0.2) is 53.1 Å². The van der Waals surface area contributed by atoms with Gasteiger partial charge in [-0.05, 0) is 38.5 Å². The number of para-hydroxylation sites is 2. The molecule has 1 amide bonds. The van der Waals surface area contributed by atoms with Gasteiger partial charge in [0, 0.05) is 23.2 Å². The standard InChI is InChI=1S/C20H24N4O2S2/c1-24(2)12-16-11-15(13-27-16)26-10-6-5-9-21-19(25)14-28-20-22-17-7-3-4-8-18(17)23-20/h3-5,7-9,11,13H,6,10,12,14H2,1-2H3,(H,21,25)(H,22,23)/b9-5-. The number of H-pyrrole nitrogens is 1. The van der Waals surface area contributed by atoms with Gasteiger partial charge in [0.05, 0.1) is 23.4 Å². The second-order valence-electron chi connectivity index (χ2n) is 6.44. The number of nitrogens with one attached hydrogen (secondary N) is 2. The number of hydrogen-bond acceptors (Lipinski definition) is 6. The Hall–Kier alpha value is -2.29. The minimum Gasteiger partial charge on any atom is -0.492 e. The molecule has 2 heterocycles. The third-order valence-corrected chi connectivity index (χ3v) is 5.50. The summed E-state index contributed by atoms with van der Waals surface area (Å²) in [6.45, 7) is 1.50. The lowest BCUT2D eigenvalue weighted by Gasteiger charge is -2.06. The number of aromatic nitrogens is 2. The van der Waals surface area contributed by atoms with Crippen molar-refractivity contribution in [3.05, 3.63) is 52.9 Å². The molecule has 0 aliphatic rings. The molecule has 0 fully saturated rings. The highest BCUT2D eigenvalue weighted by atomic mass is 32.2. The number of rotatable bonds is 10. The van der Waals surface area contributed by atoms with Crippen molar-refractivity contribution < 1.29 is 9.53 Å². The summed E-state index contributed by atoms with van der Waals surface area (Å²) in [5.74, 6) is 1.15. The van der Waals surface area contributed by atoms with Gasteiger partial charge in [0.25, 0.3) is 0 Å². The molecule has 28 heavy (non-hydrogen) atoms. The fourth-order valence-corrected chi connectivity index (χ4v) is 4.10. The van der Waals surface area contributed by atoms with Crippen LogP contribution in [0.25, 0.3) is 11.0 Å². The number of benzene rings is 1. The van der Waals surface area contributed by atoms with E-state index in [9.17, 15) is 4.79 Å². The van der Waals surface area contributed by atoms with Crippen LogP contribution in [-0.4, -0.2) is 47.2 Å². The van der Waals surface area contributed by atoms with Crippen LogP contribution in [0.4, 0.5) is 0 Å². The Bertz CT molecular complexity index is 900. The van der Waals surface area contributed by atoms with Gasteiger partial charge in [-0.2, -0.15) is 0 Å². The summed E-state index contributed by atoms with van der Waals surface area (Å²) in [5.41, 5.74) is 1.88. The third-order valence-electron chi connectivity index (χ3n) is 3.72. The summed E-state index contributed by atoms with van der Waals surface area (Å²) >= 11 is 3.09. The molecule has 0 spiro atoms. The average Bonchev–Trinajstić information content (AvgIpc) is 3.28. The smallest absolute Gasteiger partial charge is 0.234 e. The molecule has 3 rings (SSSR count). The molecule has 0 aliphatic carbocycles. The van der Waals surface area contributed by atoms with E-state index in [1.54, 1.807) is 17.5 Å². The van der Waals surface area contributed by atoms with Gasteiger partial charge in [0.1, 0.15) is 5.75 Å². The molecule has 3 aromatic rings. The van der Waals surface area contributed by atoms with Crippen molar-refractivity contribution in [3.63, 3.8) is 0 Å². The van der Waals surface area contributed by atoms with E-state index in [0.29, 0.717) is 12.4 Å². The van der Waals surface area contributed by atoms with Crippen LogP contribution in [0.5, 0.6) is 5.75 Å². The first-order valence-corrected chi connectivity index (χ1v) is 10.8. The van der Waals surface area contributed by atoms with Gasteiger partial charge in [-0.1, -0.05) is 30.0 Å². The van der Waals surface area contributed by atoms with Gasteiger partial charge >= 0.3 is 0 Å². The molecule has 2 N–H and O–H groups in total. The quantitative estimate of drug-likeness (QED) is 0.388. The SMILES string of the molecule is CN(C)Cc1cc(OCC/C=C\NC(=O)CSc2nc3ccccc3[nH]2)cs1. The monoisotopic (exact) mass is 416 g/mol. The van der Waals surface area contributed by atoms with Crippen molar-refractivity contribution in [1.82, 2.24) is 20.2 Å². The van der Waals surface area contributed by atoms with Crippen LogP contribution in [0.2, 0.25) is 0 Å². The van der Waals surface area contributed by atoms with E-state index in [2.05, 4.69) is 40.3 Å². The molecule has 0 bridgehead atoms. The molecule has 0 saturated heterocycles. The Labute approximate surface area is 173 Å². The van der Waals surface area contributed by atoms with Crippen molar-refractivity contribution in [2.75, 3.05) is 26.5 Å². The summed E-state index contributed by atoms with van der Waals surface area (Å²) in [7, 11) is 4.10. The second-order valence-corrected chi connectivity index (χ2v) is 8.40. The van der Waals surface area contributed by atoms with Crippen LogP contribution in [0.1, 0.15) is 11.3 Å². The minimum absolute atomic E-state index is 0.0613. The molecule has 0 atom stereocenters. The fourth-order valence-electron chi connectivity index (χ4n) is 2.48. The van der Waals surface area contributed by atoms with E-state index in [1.165, 1.54) is 16.6 Å². The first-order chi connectivity index (χ1) is 13.6. The van der Waals surface area contributed by atoms with Gasteiger partial charge in [0.15, 0.2) is 5.16 Å². The number of carbonyl (C=O) groups excluding carboxylic acids is 1. The van der Waals surface area contributed by atoms with Crippen molar-refractivity contribution in [3.8, 4) is 5.75 Å². The number of imidazole rings is 1. The number of fused-ring (bicyclic) bond motifs is 1. The molecule has 2 aromatic heterocycles. The van der Waals surface area contributed by atoms with E-state index in [4.69, 9.17) is 4.74 Å². The second kappa shape index (κ2) is 10.3. The van der Waals surface area contributed by atoms with E-state index in [0.717, 1.165) is 34.9 Å². The molecule has 0 saturated carbocycles. The predicted octanol–water partition coefficient (Wildman–Crippen LogP) is 3.88. The molecule has 0 radical (unpaired) electrons. The van der Waals surface area contributed by atoms with E-state index in [-0.39, 0.29) is 5.91 Å². The highest BCUT2D eigenvalue weighted by molar-refractivity contribution is 7.99. The van der Waals surface area contributed by atoms with Crippen molar-refractivity contribution >= 4 is 40.0 Å². The molecule has 6 nitrogen and oxygen atoms in total. The molecule has 1 aromatic carbocycles. The van der Waals surface area contributed by atoms with Crippen LogP contribution in [0.3, 0.4) is 0 Å². The Morgan fingerprint density at radius 2 is 2.25 bits per heavy atom. The molecule has 0 unspecified atom stereocenters. The zero-order valence-electron chi connectivity index (χ0n) is 16.0. The molecular formula is C20H24N4O2S2. The van der Waals surface area contributed by atoms with Gasteiger partial charge < -0.3 is 19.9 Å². The van der Waals surface area contributed by atoms with Gasteiger partial charge in [0.2, 0.25) is 5.91 Å². The zero-order chi connectivity index (χ0) is 19.8. The Morgan fingerprint density at radius 1 is 1.39 bits per heavy atom. The van der Waals surface area contributed by atoms with E-state index in [1.807, 2.05) is 35.7 Å². The first-order valence-electron chi connectivity index (χ1n) is 8.97. The maximum Gasteiger partial charge on any atom is 0.234 e. The van der Waals surface area contributed by atoms with Crippen LogP contribution in [0, 0.1) is 0 Å². The summed E-state index contributed by atoms with van der Waals surface area (Å²) in [6, 6.07) is 9.89. The number of nitrogens with zero attached hydrogens (tertiary/aromatic N) is 2. The Morgan fingerprint density at radius 3 is 3.07 bits per heavy atom. The Balaban J connectivity index is 1.31. The largest absolute Gasteiger partial charge is 0.492 e. The molecular weight excluding hydrogens is 392 g/mol. The summed E-state index contributed by atoms with van der Waals surface area (Å²) in [5, 5.41) is 5.55. The van der Waals surface area contributed by atoms with E-state index < -0.39 is 0 Å². The number of thioether (sulfide) groups is 1. The molecule has 8 heteroatoms. The summed E-state index contributed by atoms with van der Waals surface area (Å²) < 4.78 is 5.72. The van der Waals surface area contributed by atoms with Crippen LogP contribution >= 0.6 is 23.1 Å². The summed E-state index contributed by atoms with van der Waals surface area (Å²) in [6.07, 6.45) is 4.31.